The molecular weight excluding hydrogens is 516 g/mol. The highest BCUT2D eigenvalue weighted by Gasteiger charge is 2.44. The molecule has 10 heteroatoms. The number of amides is 1. The highest BCUT2D eigenvalue weighted by atomic mass is 35.5. The highest BCUT2D eigenvalue weighted by Crippen LogP contribution is 2.43. The summed E-state index contributed by atoms with van der Waals surface area (Å²) in [4.78, 5) is 24.2. The van der Waals surface area contributed by atoms with Crippen molar-refractivity contribution in [2.75, 3.05) is 6.26 Å². The molecule has 0 radical (unpaired) electrons. The first-order valence-corrected chi connectivity index (χ1v) is 13.9. The lowest BCUT2D eigenvalue weighted by molar-refractivity contribution is -0.142. The lowest BCUT2D eigenvalue weighted by atomic mass is 9.71. The number of piperidine rings is 1. The van der Waals surface area contributed by atoms with Crippen LogP contribution in [0.1, 0.15) is 49.0 Å². The van der Waals surface area contributed by atoms with Crippen molar-refractivity contribution >= 4 is 44.9 Å². The van der Waals surface area contributed by atoms with Gasteiger partial charge in [-0.2, -0.15) is 0 Å². The van der Waals surface area contributed by atoms with E-state index in [1.807, 2.05) is 6.92 Å². The zero-order chi connectivity index (χ0) is 26.1. The Morgan fingerprint density at radius 2 is 1.77 bits per heavy atom. The fourth-order valence-corrected chi connectivity index (χ4v) is 7.19. The van der Waals surface area contributed by atoms with Crippen LogP contribution in [-0.4, -0.2) is 37.7 Å². The Hall–Kier alpha value is -2.16. The zero-order valence-corrected chi connectivity index (χ0v) is 21.9. The number of carboxylic acids is 1. The maximum Gasteiger partial charge on any atom is 0.304 e. The van der Waals surface area contributed by atoms with Crippen LogP contribution < -0.4 is 5.32 Å². The van der Waals surface area contributed by atoms with Crippen molar-refractivity contribution in [2.45, 2.75) is 43.9 Å². The molecule has 1 saturated heterocycles. The summed E-state index contributed by atoms with van der Waals surface area (Å²) in [7, 11) is -3.56. The number of nitrogens with one attached hydrogen (secondary N) is 1. The maximum absolute atomic E-state index is 14.2. The van der Waals surface area contributed by atoms with Gasteiger partial charge in [-0.1, -0.05) is 49.2 Å². The number of rotatable bonds is 8. The van der Waals surface area contributed by atoms with Crippen molar-refractivity contribution in [1.82, 2.24) is 5.32 Å². The molecular formula is C25H28Cl2FNO5S. The molecule has 3 rings (SSSR count). The molecule has 0 spiro atoms. The number of carbonyl (C=O) groups is 2. The molecule has 0 saturated carbocycles. The van der Waals surface area contributed by atoms with Crippen LogP contribution in [0.4, 0.5) is 4.39 Å². The van der Waals surface area contributed by atoms with Crippen LogP contribution in [0, 0.1) is 23.6 Å². The van der Waals surface area contributed by atoms with Gasteiger partial charge in [-0.05, 0) is 59.7 Å². The van der Waals surface area contributed by atoms with Gasteiger partial charge in [0.05, 0.1) is 11.7 Å². The van der Waals surface area contributed by atoms with Crippen molar-refractivity contribution in [3.63, 3.8) is 0 Å². The second-order valence-corrected chi connectivity index (χ2v) is 12.4. The van der Waals surface area contributed by atoms with Crippen LogP contribution >= 0.6 is 23.2 Å². The lowest BCUT2D eigenvalue weighted by Gasteiger charge is -2.43. The number of carboxylic acid groups (broad SMARTS) is 1. The van der Waals surface area contributed by atoms with E-state index < -0.39 is 56.6 Å². The van der Waals surface area contributed by atoms with Gasteiger partial charge in [-0.25, -0.2) is 12.8 Å². The van der Waals surface area contributed by atoms with Gasteiger partial charge in [0.15, 0.2) is 9.84 Å². The summed E-state index contributed by atoms with van der Waals surface area (Å²) >= 11 is 12.1. The van der Waals surface area contributed by atoms with Gasteiger partial charge in [0.1, 0.15) is 5.82 Å². The lowest BCUT2D eigenvalue weighted by Crippen LogP contribution is -2.53. The van der Waals surface area contributed by atoms with E-state index in [0.29, 0.717) is 16.1 Å². The second kappa shape index (κ2) is 10.8. The van der Waals surface area contributed by atoms with Crippen molar-refractivity contribution in [3.05, 3.63) is 69.5 Å². The summed E-state index contributed by atoms with van der Waals surface area (Å²) < 4.78 is 40.0. The van der Waals surface area contributed by atoms with Gasteiger partial charge in [0.2, 0.25) is 5.91 Å². The summed E-state index contributed by atoms with van der Waals surface area (Å²) in [6, 6.07) is 10.1. The number of carbonyl (C=O) groups excluding carboxylic acids is 1. The predicted molar refractivity (Wildman–Crippen MR) is 134 cm³/mol. The first-order chi connectivity index (χ1) is 16.3. The van der Waals surface area contributed by atoms with E-state index in [2.05, 4.69) is 5.32 Å². The van der Waals surface area contributed by atoms with E-state index in [0.717, 1.165) is 0 Å². The molecule has 2 N–H and O–H groups in total. The quantitative estimate of drug-likeness (QED) is 0.473. The summed E-state index contributed by atoms with van der Waals surface area (Å²) in [6.45, 7) is 3.64. The molecule has 1 aliphatic heterocycles. The summed E-state index contributed by atoms with van der Waals surface area (Å²) in [5.74, 6) is -4.19. The first kappa shape index (κ1) is 27.4. The Labute approximate surface area is 214 Å². The third-order valence-electron chi connectivity index (χ3n) is 6.92. The van der Waals surface area contributed by atoms with Gasteiger partial charge < -0.3 is 10.4 Å². The van der Waals surface area contributed by atoms with E-state index in [9.17, 15) is 27.5 Å². The predicted octanol–water partition coefficient (Wildman–Crippen LogP) is 5.25. The van der Waals surface area contributed by atoms with Crippen molar-refractivity contribution < 1.29 is 27.5 Å². The molecule has 190 valence electrons. The highest BCUT2D eigenvalue weighted by molar-refractivity contribution is 7.90. The molecule has 1 fully saturated rings. The average molecular weight is 544 g/mol. The van der Waals surface area contributed by atoms with Crippen LogP contribution in [-0.2, 0) is 19.4 Å². The minimum Gasteiger partial charge on any atom is -0.481 e. The van der Waals surface area contributed by atoms with E-state index in [4.69, 9.17) is 23.2 Å². The van der Waals surface area contributed by atoms with Gasteiger partial charge in [0.25, 0.3) is 0 Å². The van der Waals surface area contributed by atoms with Crippen LogP contribution in [0.2, 0.25) is 10.0 Å². The van der Waals surface area contributed by atoms with E-state index >= 15 is 0 Å². The van der Waals surface area contributed by atoms with Gasteiger partial charge in [0, 0.05) is 34.2 Å². The van der Waals surface area contributed by atoms with Crippen molar-refractivity contribution in [2.24, 2.45) is 17.8 Å². The van der Waals surface area contributed by atoms with Crippen molar-refractivity contribution in [1.29, 1.82) is 0 Å². The van der Waals surface area contributed by atoms with Crippen LogP contribution in [0.5, 0.6) is 0 Å². The molecule has 0 aliphatic carbocycles. The van der Waals surface area contributed by atoms with Gasteiger partial charge in [-0.15, -0.1) is 0 Å². The zero-order valence-electron chi connectivity index (χ0n) is 19.5. The maximum atomic E-state index is 14.2. The smallest absolute Gasteiger partial charge is 0.304 e. The Morgan fingerprint density at radius 1 is 1.14 bits per heavy atom. The topological polar surface area (TPSA) is 101 Å². The Morgan fingerprint density at radius 3 is 2.31 bits per heavy atom. The Balaban J connectivity index is 2.02. The summed E-state index contributed by atoms with van der Waals surface area (Å²) in [6.07, 6.45) is 0.977. The third kappa shape index (κ3) is 6.54. The molecule has 2 aromatic rings. The number of benzene rings is 2. The fraction of sp³-hybridized carbons (Fsp3) is 0.440. The number of hydrogen-bond donors (Lipinski definition) is 2. The first-order valence-electron chi connectivity index (χ1n) is 11.2. The van der Waals surface area contributed by atoms with Crippen LogP contribution in [0.15, 0.2) is 42.5 Å². The molecule has 35 heavy (non-hydrogen) atoms. The van der Waals surface area contributed by atoms with Gasteiger partial charge in [-0.3, -0.25) is 9.59 Å². The van der Waals surface area contributed by atoms with Crippen molar-refractivity contribution in [3.8, 4) is 0 Å². The van der Waals surface area contributed by atoms with E-state index in [-0.39, 0.29) is 23.8 Å². The standard InChI is InChI=1S/C25H28Cl2FNO5S/c1-13(14(2)24(35(3,33)34)15-4-6-18(26)7-5-15)23-21(16-8-19(27)12-20(28)9-16)10-17(11-22(30)31)25(32)29-23/h4-9,12-14,17,21,23-24H,10-11H2,1-3H3,(H,29,32)(H,30,31)/t13?,14?,17-,21-,23+,24?/m1/s1. The number of sulfone groups is 1. The SMILES string of the molecule is CC(C(C)[C@@H]1NC(=O)[C@@H](CC(=O)O)C[C@@H]1c1cc(F)cc(Cl)c1)C(c1ccc(Cl)cc1)S(C)(=O)=O. The van der Waals surface area contributed by atoms with Crippen LogP contribution in [0.25, 0.3) is 0 Å². The molecule has 2 aromatic carbocycles. The molecule has 1 amide bonds. The molecule has 6 nitrogen and oxygen atoms in total. The fourth-order valence-electron chi connectivity index (χ4n) is 5.16. The molecule has 3 unspecified atom stereocenters. The second-order valence-electron chi connectivity index (χ2n) is 9.39. The Bertz CT molecular complexity index is 1180. The van der Waals surface area contributed by atoms with E-state index in [1.54, 1.807) is 37.3 Å². The third-order valence-corrected chi connectivity index (χ3v) is 9.01. The largest absolute Gasteiger partial charge is 0.481 e. The average Bonchev–Trinajstić information content (AvgIpc) is 2.74. The monoisotopic (exact) mass is 543 g/mol. The summed E-state index contributed by atoms with van der Waals surface area (Å²) in [5, 5.41) is 12.0. The van der Waals surface area contributed by atoms with E-state index in [1.165, 1.54) is 18.4 Å². The number of halogens is 3. The molecule has 0 aromatic heterocycles. The minimum absolute atomic E-state index is 0.171. The molecule has 0 bridgehead atoms. The molecule has 1 heterocycles. The number of aliphatic carboxylic acids is 1. The van der Waals surface area contributed by atoms with Gasteiger partial charge >= 0.3 is 5.97 Å². The Kier molecular flexibility index (Phi) is 8.50. The summed E-state index contributed by atoms with van der Waals surface area (Å²) in [5.41, 5.74) is 1.10. The van der Waals surface area contributed by atoms with Crippen LogP contribution in [0.3, 0.4) is 0 Å². The number of hydrogen-bond acceptors (Lipinski definition) is 4. The minimum atomic E-state index is -3.56. The molecule has 6 atom stereocenters. The molecule has 1 aliphatic rings. The normalized spacial score (nSPS) is 23.3.